The Morgan fingerprint density at radius 2 is 2.00 bits per heavy atom. The van der Waals surface area contributed by atoms with Crippen molar-refractivity contribution >= 4 is 0 Å². The smallest absolute Gasteiger partial charge is 0.251 e. The van der Waals surface area contributed by atoms with Gasteiger partial charge in [-0.15, -0.1) is 0 Å². The highest BCUT2D eigenvalue weighted by Gasteiger charge is 2.25. The lowest BCUT2D eigenvalue weighted by Crippen LogP contribution is -2.35. The van der Waals surface area contributed by atoms with Gasteiger partial charge in [-0.1, -0.05) is 13.0 Å². The van der Waals surface area contributed by atoms with E-state index in [0.29, 0.717) is 0 Å². The maximum Gasteiger partial charge on any atom is 0.251 e. The van der Waals surface area contributed by atoms with Crippen molar-refractivity contribution in [2.75, 3.05) is 27.3 Å². The normalized spacial score (nSPS) is 17.9. The molecule has 0 spiro atoms. The lowest BCUT2D eigenvalue weighted by Gasteiger charge is -2.32. The predicted octanol–water partition coefficient (Wildman–Crippen LogP) is 2.73. The highest BCUT2D eigenvalue weighted by molar-refractivity contribution is 5.44. The van der Waals surface area contributed by atoms with Crippen molar-refractivity contribution in [1.82, 2.24) is 14.9 Å². The molecule has 1 aromatic carbocycles. The van der Waals surface area contributed by atoms with E-state index in [1.165, 1.54) is 0 Å². The second-order valence-corrected chi connectivity index (χ2v) is 6.69. The molecule has 1 fully saturated rings. The van der Waals surface area contributed by atoms with Gasteiger partial charge in [0.1, 0.15) is 17.3 Å². The first kappa shape index (κ1) is 18.5. The fourth-order valence-electron chi connectivity index (χ4n) is 3.63. The first-order valence-electron chi connectivity index (χ1n) is 9.17. The molecule has 3 rings (SSSR count). The molecule has 26 heavy (non-hydrogen) atoms. The molecule has 0 aliphatic carbocycles. The molecule has 0 radical (unpaired) electrons. The van der Waals surface area contributed by atoms with Gasteiger partial charge in [-0.3, -0.25) is 9.69 Å². The number of nitrogens with one attached hydrogen (secondary N) is 1. The van der Waals surface area contributed by atoms with Gasteiger partial charge in [-0.25, -0.2) is 4.98 Å². The van der Waals surface area contributed by atoms with Crippen molar-refractivity contribution in [3.8, 4) is 11.5 Å². The summed E-state index contributed by atoms with van der Waals surface area (Å²) in [5.74, 6) is 2.73. The van der Waals surface area contributed by atoms with Gasteiger partial charge >= 0.3 is 0 Å². The number of aromatic nitrogens is 2. The maximum absolute atomic E-state index is 11.9. The fourth-order valence-corrected chi connectivity index (χ4v) is 3.63. The summed E-state index contributed by atoms with van der Waals surface area (Å²) in [6, 6.07) is 7.45. The number of methoxy groups -OCH3 is 2. The van der Waals surface area contributed by atoms with Crippen LogP contribution in [-0.2, 0) is 13.0 Å². The van der Waals surface area contributed by atoms with E-state index in [9.17, 15) is 4.79 Å². The molecule has 0 bridgehead atoms. The minimum Gasteiger partial charge on any atom is -0.496 e. The highest BCUT2D eigenvalue weighted by atomic mass is 16.5. The second-order valence-electron chi connectivity index (χ2n) is 6.69. The van der Waals surface area contributed by atoms with Crippen LogP contribution in [0.4, 0.5) is 0 Å². The number of ether oxygens (including phenoxy) is 2. The van der Waals surface area contributed by atoms with E-state index >= 15 is 0 Å². The Kier molecular flexibility index (Phi) is 5.93. The number of H-pyrrole nitrogens is 1. The Balaban J connectivity index is 1.80. The monoisotopic (exact) mass is 357 g/mol. The molecular formula is C20H27N3O3. The lowest BCUT2D eigenvalue weighted by molar-refractivity contribution is 0.192. The molecule has 0 saturated carbocycles. The van der Waals surface area contributed by atoms with E-state index in [4.69, 9.17) is 9.47 Å². The number of hydrogen-bond donors (Lipinski definition) is 1. The Labute approximate surface area is 154 Å². The minimum atomic E-state index is -0.0598. The van der Waals surface area contributed by atoms with Crippen molar-refractivity contribution in [3.05, 3.63) is 51.7 Å². The van der Waals surface area contributed by atoms with Crippen LogP contribution >= 0.6 is 0 Å². The van der Waals surface area contributed by atoms with Crippen molar-refractivity contribution in [1.29, 1.82) is 0 Å². The Bertz CT molecular complexity index is 781. The van der Waals surface area contributed by atoms with Crippen LogP contribution < -0.4 is 15.0 Å². The minimum absolute atomic E-state index is 0.0598. The summed E-state index contributed by atoms with van der Waals surface area (Å²) < 4.78 is 11.0. The van der Waals surface area contributed by atoms with Crippen LogP contribution in [0.5, 0.6) is 11.5 Å². The van der Waals surface area contributed by atoms with E-state index in [1.807, 2.05) is 25.1 Å². The number of rotatable bonds is 6. The summed E-state index contributed by atoms with van der Waals surface area (Å²) in [4.78, 5) is 21.9. The largest absolute Gasteiger partial charge is 0.496 e. The Hall–Kier alpha value is -2.34. The van der Waals surface area contributed by atoms with Crippen molar-refractivity contribution in [2.24, 2.45) is 0 Å². The van der Waals surface area contributed by atoms with E-state index in [-0.39, 0.29) is 11.5 Å². The average Bonchev–Trinajstić information content (AvgIpc) is 2.67. The maximum atomic E-state index is 11.9. The molecule has 0 amide bonds. The van der Waals surface area contributed by atoms with Gasteiger partial charge in [0.15, 0.2) is 0 Å². The number of likely N-dealkylation sites (tertiary alicyclic amines) is 1. The van der Waals surface area contributed by atoms with Crippen molar-refractivity contribution in [3.63, 3.8) is 0 Å². The van der Waals surface area contributed by atoms with Crippen molar-refractivity contribution in [2.45, 2.75) is 38.6 Å². The molecule has 1 atom stereocenters. The number of hydrogen-bond acceptors (Lipinski definition) is 5. The summed E-state index contributed by atoms with van der Waals surface area (Å²) in [5.41, 5.74) is 1.85. The van der Waals surface area contributed by atoms with Crippen LogP contribution in [0.2, 0.25) is 0 Å². The molecular weight excluding hydrogens is 330 g/mol. The number of aryl methyl sites for hydroxylation is 1. The van der Waals surface area contributed by atoms with Crippen LogP contribution in [-0.4, -0.2) is 42.2 Å². The summed E-state index contributed by atoms with van der Waals surface area (Å²) in [6.07, 6.45) is 2.88. The number of benzene rings is 1. The highest BCUT2D eigenvalue weighted by Crippen LogP contribution is 2.32. The van der Waals surface area contributed by atoms with Crippen LogP contribution in [0, 0.1) is 0 Å². The zero-order valence-electron chi connectivity index (χ0n) is 15.7. The standard InChI is InChI=1S/C20H27N3O3/c1-4-15-11-19(24)22-20(21-15)14-7-6-10-23(12-14)13-16-17(25-2)8-5-9-18(16)26-3/h5,8-9,11,14H,4,6-7,10,12-13H2,1-3H3,(H,21,22,24)/t14-/m1/s1. The average molecular weight is 357 g/mol. The van der Waals surface area contributed by atoms with Crippen LogP contribution in [0.15, 0.2) is 29.1 Å². The molecule has 1 aliphatic rings. The van der Waals surface area contributed by atoms with Crippen LogP contribution in [0.3, 0.4) is 0 Å². The molecule has 6 heteroatoms. The summed E-state index contributed by atoms with van der Waals surface area (Å²) >= 11 is 0. The second kappa shape index (κ2) is 8.36. The van der Waals surface area contributed by atoms with Crippen LogP contribution in [0.25, 0.3) is 0 Å². The first-order chi connectivity index (χ1) is 12.6. The summed E-state index contributed by atoms with van der Waals surface area (Å²) in [6.45, 7) is 4.64. The first-order valence-corrected chi connectivity index (χ1v) is 9.17. The molecule has 1 saturated heterocycles. The lowest BCUT2D eigenvalue weighted by atomic mass is 9.96. The van der Waals surface area contributed by atoms with Gasteiger partial charge < -0.3 is 14.5 Å². The van der Waals surface area contributed by atoms with E-state index < -0.39 is 0 Å². The zero-order chi connectivity index (χ0) is 18.5. The van der Waals surface area contributed by atoms with Gasteiger partial charge in [0, 0.05) is 30.8 Å². The summed E-state index contributed by atoms with van der Waals surface area (Å²) in [5, 5.41) is 0. The number of piperidine rings is 1. The summed E-state index contributed by atoms with van der Waals surface area (Å²) in [7, 11) is 3.37. The topological polar surface area (TPSA) is 67.5 Å². The molecule has 1 N–H and O–H groups in total. The van der Waals surface area contributed by atoms with Crippen molar-refractivity contribution < 1.29 is 9.47 Å². The molecule has 1 aliphatic heterocycles. The number of aromatic amines is 1. The van der Waals surface area contributed by atoms with E-state index in [1.54, 1.807) is 20.3 Å². The fraction of sp³-hybridized carbons (Fsp3) is 0.500. The molecule has 1 aromatic heterocycles. The van der Waals surface area contributed by atoms with Gasteiger partial charge in [-0.2, -0.15) is 0 Å². The number of nitrogens with zero attached hydrogens (tertiary/aromatic N) is 2. The third-order valence-electron chi connectivity index (χ3n) is 4.98. The molecule has 2 aromatic rings. The third kappa shape index (κ3) is 4.07. The molecule has 0 unspecified atom stereocenters. The van der Waals surface area contributed by atoms with E-state index in [2.05, 4.69) is 14.9 Å². The quantitative estimate of drug-likeness (QED) is 0.861. The SMILES string of the molecule is CCc1cc(=O)[nH]c([C@@H]2CCCN(Cc3c(OC)cccc3OC)C2)n1. The Morgan fingerprint density at radius 1 is 1.27 bits per heavy atom. The van der Waals surface area contributed by atoms with Crippen LogP contribution in [0.1, 0.15) is 42.8 Å². The predicted molar refractivity (Wildman–Crippen MR) is 101 cm³/mol. The third-order valence-corrected chi connectivity index (χ3v) is 4.98. The van der Waals surface area contributed by atoms with E-state index in [0.717, 1.165) is 67.5 Å². The zero-order valence-corrected chi connectivity index (χ0v) is 15.7. The molecule has 140 valence electrons. The molecule has 6 nitrogen and oxygen atoms in total. The van der Waals surface area contributed by atoms with Gasteiger partial charge in [0.2, 0.25) is 0 Å². The molecule has 2 heterocycles. The Morgan fingerprint density at radius 3 is 2.65 bits per heavy atom. The van der Waals surface area contributed by atoms with Gasteiger partial charge in [0.05, 0.1) is 19.8 Å². The van der Waals surface area contributed by atoms with Gasteiger partial charge in [-0.05, 0) is 37.9 Å². The van der Waals surface area contributed by atoms with Gasteiger partial charge in [0.25, 0.3) is 5.56 Å².